The largest absolute Gasteiger partial charge is 0.679 e. The van der Waals surface area contributed by atoms with E-state index in [1.165, 1.54) is 22.3 Å². The van der Waals surface area contributed by atoms with Crippen molar-refractivity contribution in [1.82, 2.24) is 4.98 Å². The van der Waals surface area contributed by atoms with E-state index in [1.54, 1.807) is 0 Å². The Labute approximate surface area is 322 Å². The summed E-state index contributed by atoms with van der Waals surface area (Å²) in [6.45, 7) is 22.9. The van der Waals surface area contributed by atoms with E-state index < -0.39 is 0 Å². The van der Waals surface area contributed by atoms with Gasteiger partial charge >= 0.3 is 0 Å². The molecular weight excluding hydrogens is 775 g/mol. The van der Waals surface area contributed by atoms with Crippen LogP contribution in [-0.2, 0) is 43.2 Å². The number of phenolic OH excluding ortho intramolecular Hbond substituents is 1. The van der Waals surface area contributed by atoms with Gasteiger partial charge in [-0.1, -0.05) is 172 Å². The fourth-order valence-corrected chi connectivity index (χ4v) is 6.16. The third kappa shape index (κ3) is 9.43. The molecule has 5 rings (SSSR count). The van der Waals surface area contributed by atoms with Crippen molar-refractivity contribution < 1.29 is 30.9 Å². The normalized spacial score (nSPS) is 11.4. The predicted octanol–water partition coefficient (Wildman–Crippen LogP) is 13.7. The van der Waals surface area contributed by atoms with Crippen LogP contribution in [0.15, 0.2) is 97.1 Å². The second-order valence-electron chi connectivity index (χ2n) is 15.5. The molecule has 4 heteroatoms. The van der Waals surface area contributed by atoms with Gasteiger partial charge in [-0.2, -0.15) is 0 Å². The predicted molar refractivity (Wildman–Crippen MR) is 214 cm³/mol. The smallest absolute Gasteiger partial charge is 0.131 e. The van der Waals surface area contributed by atoms with E-state index in [2.05, 4.69) is 130 Å². The zero-order valence-electron chi connectivity index (χ0n) is 32.4. The van der Waals surface area contributed by atoms with E-state index in [4.69, 9.17) is 10.3 Å². The van der Waals surface area contributed by atoms with Gasteiger partial charge in [-0.3, -0.25) is 4.98 Å². The fraction of sp³-hybridized carbons (Fsp3) is 0.326. The number of nitrogens with zero attached hydrogens (tertiary/aromatic N) is 2. The van der Waals surface area contributed by atoms with Crippen molar-refractivity contribution in [1.29, 1.82) is 0 Å². The molecule has 0 aliphatic rings. The first kappa shape index (κ1) is 42.7. The number of hydrogen-bond donors (Lipinski definition) is 1. The van der Waals surface area contributed by atoms with Crippen molar-refractivity contribution >= 4 is 5.69 Å². The first-order chi connectivity index (χ1) is 22.1. The molecule has 1 heterocycles. The molecule has 0 amide bonds. The quantitative estimate of drug-likeness (QED) is 0.125. The summed E-state index contributed by atoms with van der Waals surface area (Å²) in [6, 6.07) is 33.8. The Morgan fingerprint density at radius 2 is 1.08 bits per heavy atom. The van der Waals surface area contributed by atoms with Crippen molar-refractivity contribution in [2.75, 3.05) is 0 Å². The third-order valence-electron chi connectivity index (χ3n) is 9.05. The molecule has 50 heavy (non-hydrogen) atoms. The summed E-state index contributed by atoms with van der Waals surface area (Å²) >= 11 is 0. The van der Waals surface area contributed by atoms with Gasteiger partial charge in [0.15, 0.2) is 0 Å². The van der Waals surface area contributed by atoms with E-state index in [-0.39, 0.29) is 57.3 Å². The molecule has 3 nitrogen and oxygen atoms in total. The van der Waals surface area contributed by atoms with Crippen molar-refractivity contribution in [3.05, 3.63) is 145 Å². The van der Waals surface area contributed by atoms with Crippen LogP contribution < -0.4 is 0 Å². The summed E-state index contributed by atoms with van der Waals surface area (Å²) in [6.07, 6.45) is 0. The maximum atomic E-state index is 11.9. The Bertz CT molecular complexity index is 1820. The minimum atomic E-state index is -0.0218. The van der Waals surface area contributed by atoms with Gasteiger partial charge in [0.1, 0.15) is 5.75 Å². The monoisotopic (exact) mass is 833 g/mol. The van der Waals surface area contributed by atoms with Gasteiger partial charge in [0.2, 0.25) is 0 Å². The molecule has 0 aliphatic carbocycles. The maximum absolute atomic E-state index is 11.9. The third-order valence-corrected chi connectivity index (χ3v) is 9.05. The van der Waals surface area contributed by atoms with Gasteiger partial charge in [-0.15, -0.1) is 5.69 Å². The maximum Gasteiger partial charge on any atom is 0.131 e. The molecule has 0 bridgehead atoms. The van der Waals surface area contributed by atoms with Crippen LogP contribution in [0.2, 0.25) is 0 Å². The minimum Gasteiger partial charge on any atom is -0.679 e. The Balaban J connectivity index is 0.00000289. The van der Waals surface area contributed by atoms with Gasteiger partial charge in [0, 0.05) is 48.2 Å². The Morgan fingerprint density at radius 3 is 1.62 bits per heavy atom. The number of aromatic hydroxyl groups is 1. The molecule has 0 saturated heterocycles. The Kier molecular flexibility index (Phi) is 14.6. The molecule has 4 aromatic carbocycles. The van der Waals surface area contributed by atoms with Crippen LogP contribution in [0.4, 0.5) is 5.69 Å². The van der Waals surface area contributed by atoms with E-state index >= 15 is 0 Å². The molecule has 0 spiro atoms. The van der Waals surface area contributed by atoms with E-state index in [9.17, 15) is 5.11 Å². The van der Waals surface area contributed by atoms with Crippen LogP contribution in [0.25, 0.3) is 38.8 Å². The second kappa shape index (κ2) is 17.1. The molecular formula is C46H57HfN2O-3. The van der Waals surface area contributed by atoms with Crippen LogP contribution >= 0.6 is 0 Å². The minimum absolute atomic E-state index is 0. The van der Waals surface area contributed by atoms with Crippen LogP contribution in [-0.4, -0.2) is 10.1 Å². The zero-order valence-corrected chi connectivity index (χ0v) is 36.0. The number of aromatic nitrogens is 1. The average molecular weight is 832 g/mol. The molecule has 0 saturated carbocycles. The average Bonchev–Trinajstić information content (AvgIpc) is 3.02. The summed E-state index contributed by atoms with van der Waals surface area (Å²) in [5.74, 6) is 1.06. The molecule has 0 unspecified atom stereocenters. The topological polar surface area (TPSA) is 47.2 Å². The van der Waals surface area contributed by atoms with E-state index in [0.717, 1.165) is 44.9 Å². The summed E-state index contributed by atoms with van der Waals surface area (Å²) < 4.78 is 0. The van der Waals surface area contributed by atoms with Crippen molar-refractivity contribution in [3.63, 3.8) is 0 Å². The van der Waals surface area contributed by atoms with Crippen LogP contribution in [0.5, 0.6) is 5.75 Å². The molecule has 0 atom stereocenters. The van der Waals surface area contributed by atoms with Gasteiger partial charge in [-0.05, 0) is 57.1 Å². The number of benzene rings is 4. The fourth-order valence-electron chi connectivity index (χ4n) is 6.16. The van der Waals surface area contributed by atoms with Crippen LogP contribution in [0.1, 0.15) is 109 Å². The number of pyridine rings is 1. The molecule has 1 aromatic heterocycles. The summed E-state index contributed by atoms with van der Waals surface area (Å²) in [5, 5.41) is 17.1. The molecule has 0 aliphatic heterocycles. The van der Waals surface area contributed by atoms with Crippen LogP contribution in [0, 0.1) is 14.9 Å². The molecule has 5 aromatic rings. The molecule has 1 N–H and O–H groups in total. The SMILES string of the molecule is CC(C)c1cccc(C(C)C)c1[N-]Cc1cccc(-c2ccccc2-c2cccc(-c3cc(C(C)(C)C)cc(C(C)(C)C)c3)c2O)n1.[CH3-].[CH3-].[Hf]. The molecule has 0 radical (unpaired) electrons. The Morgan fingerprint density at radius 1 is 0.600 bits per heavy atom. The number of phenols is 1. The van der Waals surface area contributed by atoms with Crippen LogP contribution in [0.3, 0.4) is 0 Å². The van der Waals surface area contributed by atoms with E-state index in [1.807, 2.05) is 36.4 Å². The van der Waals surface area contributed by atoms with Gasteiger partial charge < -0.3 is 25.3 Å². The van der Waals surface area contributed by atoms with Crippen molar-refractivity contribution in [2.24, 2.45) is 0 Å². The van der Waals surface area contributed by atoms with Gasteiger partial charge in [0.25, 0.3) is 0 Å². The molecule has 0 fully saturated rings. The first-order valence-electron chi connectivity index (χ1n) is 17.0. The number of hydrogen-bond acceptors (Lipinski definition) is 2. The summed E-state index contributed by atoms with van der Waals surface area (Å²) in [7, 11) is 0. The Hall–Kier alpha value is -3.50. The number of para-hydroxylation sites is 2. The summed E-state index contributed by atoms with van der Waals surface area (Å²) in [5.41, 5.74) is 12.5. The number of rotatable bonds is 8. The standard InChI is InChI=1S/C44H51N2O.2CH3.Hf/c1-28(2)34-19-14-20-35(29(3)4)41(34)45-27-33-16-13-23-40(46-33)38-18-12-11-17-37(38)39-22-15-21-36(42(39)47)30-24-31(43(5,6)7)26-32(25-30)44(8,9)10;;;/h11-26,28-29H,27H2,1-10H3,(H,46,47);2*1H3;/q3*-1;. The zero-order chi connectivity index (χ0) is 34.1. The van der Waals surface area contributed by atoms with Gasteiger partial charge in [0.05, 0.1) is 5.69 Å². The van der Waals surface area contributed by atoms with Gasteiger partial charge in [-0.25, -0.2) is 0 Å². The molecule has 264 valence electrons. The van der Waals surface area contributed by atoms with Crippen molar-refractivity contribution in [3.8, 4) is 39.3 Å². The second-order valence-corrected chi connectivity index (χ2v) is 15.5. The summed E-state index contributed by atoms with van der Waals surface area (Å²) in [4.78, 5) is 5.11. The van der Waals surface area contributed by atoms with E-state index in [0.29, 0.717) is 18.4 Å². The first-order valence-corrected chi connectivity index (χ1v) is 17.0. The van der Waals surface area contributed by atoms with Crippen molar-refractivity contribution in [2.45, 2.75) is 98.4 Å².